The van der Waals surface area contributed by atoms with Crippen LogP contribution in [0.15, 0.2) is 36.7 Å². The number of aromatic hydroxyl groups is 1. The van der Waals surface area contributed by atoms with Gasteiger partial charge in [-0.1, -0.05) is 0 Å². The molecule has 1 N–H and O–H groups in total. The van der Waals surface area contributed by atoms with Gasteiger partial charge in [-0.2, -0.15) is 0 Å². The fourth-order valence-corrected chi connectivity index (χ4v) is 1.44. The molecule has 0 bridgehead atoms. The molecule has 0 atom stereocenters. The Kier molecular flexibility index (Phi) is 3.10. The highest BCUT2D eigenvalue weighted by Crippen LogP contribution is 2.15. The minimum absolute atomic E-state index is 0.248. The molecule has 4 heteroatoms. The minimum Gasteiger partial charge on any atom is -0.508 e. The van der Waals surface area contributed by atoms with Gasteiger partial charge in [0.05, 0.1) is 6.54 Å². The third kappa shape index (κ3) is 2.53. The Hall–Kier alpha value is -1.97. The van der Waals surface area contributed by atoms with Crippen LogP contribution in [0.1, 0.15) is 5.82 Å². The van der Waals surface area contributed by atoms with E-state index < -0.39 is 0 Å². The van der Waals surface area contributed by atoms with E-state index in [1.54, 1.807) is 30.5 Å². The quantitative estimate of drug-likeness (QED) is 0.853. The SMILES string of the molecule is Cc1nccn1CCOc1ccc(O)cc1. The maximum absolute atomic E-state index is 9.10. The summed E-state index contributed by atoms with van der Waals surface area (Å²) in [6.45, 7) is 3.31. The van der Waals surface area contributed by atoms with Gasteiger partial charge >= 0.3 is 0 Å². The number of benzene rings is 1. The summed E-state index contributed by atoms with van der Waals surface area (Å²) in [5, 5.41) is 9.10. The van der Waals surface area contributed by atoms with Gasteiger partial charge in [0, 0.05) is 12.4 Å². The highest BCUT2D eigenvalue weighted by molar-refractivity contribution is 5.29. The van der Waals surface area contributed by atoms with Gasteiger partial charge in [-0.3, -0.25) is 0 Å². The zero-order chi connectivity index (χ0) is 11.4. The third-order valence-electron chi connectivity index (χ3n) is 2.36. The van der Waals surface area contributed by atoms with Crippen LogP contribution in [-0.2, 0) is 6.54 Å². The van der Waals surface area contributed by atoms with E-state index in [4.69, 9.17) is 9.84 Å². The molecule has 84 valence electrons. The second-order valence-electron chi connectivity index (χ2n) is 3.51. The Bertz CT molecular complexity index is 448. The summed E-state index contributed by atoms with van der Waals surface area (Å²) in [6, 6.07) is 6.71. The molecule has 2 rings (SSSR count). The number of ether oxygens (including phenoxy) is 1. The van der Waals surface area contributed by atoms with Gasteiger partial charge in [-0.05, 0) is 31.2 Å². The summed E-state index contributed by atoms with van der Waals surface area (Å²) in [5.41, 5.74) is 0. The second kappa shape index (κ2) is 4.70. The number of aryl methyl sites for hydroxylation is 1. The zero-order valence-electron chi connectivity index (χ0n) is 9.13. The number of rotatable bonds is 4. The van der Waals surface area contributed by atoms with Crippen molar-refractivity contribution in [1.29, 1.82) is 0 Å². The van der Waals surface area contributed by atoms with Crippen LogP contribution in [0.5, 0.6) is 11.5 Å². The van der Waals surface area contributed by atoms with E-state index in [0.29, 0.717) is 6.61 Å². The predicted molar refractivity (Wildman–Crippen MR) is 60.6 cm³/mol. The van der Waals surface area contributed by atoms with Crippen molar-refractivity contribution in [3.63, 3.8) is 0 Å². The van der Waals surface area contributed by atoms with Crippen molar-refractivity contribution in [2.24, 2.45) is 0 Å². The van der Waals surface area contributed by atoms with Crippen molar-refractivity contribution in [3.8, 4) is 11.5 Å². The van der Waals surface area contributed by atoms with Crippen LogP contribution in [0, 0.1) is 6.92 Å². The normalized spacial score (nSPS) is 10.3. The van der Waals surface area contributed by atoms with E-state index in [-0.39, 0.29) is 5.75 Å². The lowest BCUT2D eigenvalue weighted by Gasteiger charge is -2.07. The lowest BCUT2D eigenvalue weighted by Crippen LogP contribution is -2.08. The van der Waals surface area contributed by atoms with Crippen molar-refractivity contribution < 1.29 is 9.84 Å². The van der Waals surface area contributed by atoms with Gasteiger partial charge in [0.15, 0.2) is 0 Å². The predicted octanol–water partition coefficient (Wildman–Crippen LogP) is 1.98. The first-order valence-electron chi connectivity index (χ1n) is 5.15. The largest absolute Gasteiger partial charge is 0.508 e. The topological polar surface area (TPSA) is 47.3 Å². The van der Waals surface area contributed by atoms with Crippen LogP contribution in [0.3, 0.4) is 0 Å². The number of imidazole rings is 1. The Morgan fingerprint density at radius 3 is 2.69 bits per heavy atom. The van der Waals surface area contributed by atoms with Crippen LogP contribution >= 0.6 is 0 Å². The van der Waals surface area contributed by atoms with Crippen molar-refractivity contribution in [2.75, 3.05) is 6.61 Å². The molecule has 4 nitrogen and oxygen atoms in total. The van der Waals surface area contributed by atoms with Crippen LogP contribution in [-0.4, -0.2) is 21.3 Å². The minimum atomic E-state index is 0.248. The van der Waals surface area contributed by atoms with E-state index >= 15 is 0 Å². The second-order valence-corrected chi connectivity index (χ2v) is 3.51. The highest BCUT2D eigenvalue weighted by atomic mass is 16.5. The fraction of sp³-hybridized carbons (Fsp3) is 0.250. The van der Waals surface area contributed by atoms with Crippen LogP contribution in [0.4, 0.5) is 0 Å². The molecule has 0 radical (unpaired) electrons. The number of phenolic OH excluding ortho intramolecular Hbond substituents is 1. The molecule has 0 aliphatic carbocycles. The van der Waals surface area contributed by atoms with E-state index in [1.165, 1.54) is 0 Å². The highest BCUT2D eigenvalue weighted by Gasteiger charge is 1.97. The fourth-order valence-electron chi connectivity index (χ4n) is 1.44. The Labute approximate surface area is 94.1 Å². The summed E-state index contributed by atoms with van der Waals surface area (Å²) in [6.07, 6.45) is 3.70. The Morgan fingerprint density at radius 1 is 1.31 bits per heavy atom. The number of phenols is 1. The number of nitrogens with zero attached hydrogens (tertiary/aromatic N) is 2. The van der Waals surface area contributed by atoms with Crippen molar-refractivity contribution in [2.45, 2.75) is 13.5 Å². The molecule has 0 spiro atoms. The van der Waals surface area contributed by atoms with E-state index in [2.05, 4.69) is 4.98 Å². The number of aromatic nitrogens is 2. The van der Waals surface area contributed by atoms with E-state index in [9.17, 15) is 0 Å². The van der Waals surface area contributed by atoms with Gasteiger partial charge in [0.2, 0.25) is 0 Å². The van der Waals surface area contributed by atoms with Crippen LogP contribution < -0.4 is 4.74 Å². The summed E-state index contributed by atoms with van der Waals surface area (Å²) >= 11 is 0. The lowest BCUT2D eigenvalue weighted by atomic mass is 10.3. The molecule has 2 aromatic rings. The van der Waals surface area contributed by atoms with Gasteiger partial charge in [0.25, 0.3) is 0 Å². The maximum Gasteiger partial charge on any atom is 0.119 e. The number of hydrogen-bond donors (Lipinski definition) is 1. The summed E-state index contributed by atoms with van der Waals surface area (Å²) in [7, 11) is 0. The van der Waals surface area contributed by atoms with Gasteiger partial charge in [-0.15, -0.1) is 0 Å². The molecular formula is C12H14N2O2. The molecule has 1 aromatic heterocycles. The van der Waals surface area contributed by atoms with Crippen molar-refractivity contribution in [3.05, 3.63) is 42.5 Å². The first-order valence-corrected chi connectivity index (χ1v) is 5.15. The molecule has 0 unspecified atom stereocenters. The molecule has 0 fully saturated rings. The summed E-state index contributed by atoms with van der Waals surface area (Å²) in [4.78, 5) is 4.13. The van der Waals surface area contributed by atoms with Crippen LogP contribution in [0.25, 0.3) is 0 Å². The lowest BCUT2D eigenvalue weighted by molar-refractivity contribution is 0.296. The van der Waals surface area contributed by atoms with Crippen molar-refractivity contribution in [1.82, 2.24) is 9.55 Å². The van der Waals surface area contributed by atoms with Crippen LogP contribution in [0.2, 0.25) is 0 Å². The Balaban J connectivity index is 1.84. The number of hydrogen-bond acceptors (Lipinski definition) is 3. The first kappa shape index (κ1) is 10.5. The average Bonchev–Trinajstić information content (AvgIpc) is 2.68. The maximum atomic E-state index is 9.10. The molecular weight excluding hydrogens is 204 g/mol. The van der Waals surface area contributed by atoms with Gasteiger partial charge < -0.3 is 14.4 Å². The monoisotopic (exact) mass is 218 g/mol. The standard InChI is InChI=1S/C12H14N2O2/c1-10-13-6-7-14(10)8-9-16-12-4-2-11(15)3-5-12/h2-7,15H,8-9H2,1H3. The molecule has 0 amide bonds. The van der Waals surface area contributed by atoms with Gasteiger partial charge in [0.1, 0.15) is 23.9 Å². The summed E-state index contributed by atoms with van der Waals surface area (Å²) < 4.78 is 7.56. The molecule has 1 heterocycles. The molecule has 0 saturated carbocycles. The van der Waals surface area contributed by atoms with Gasteiger partial charge in [-0.25, -0.2) is 4.98 Å². The smallest absolute Gasteiger partial charge is 0.119 e. The molecule has 1 aromatic carbocycles. The summed E-state index contributed by atoms with van der Waals surface area (Å²) in [5.74, 6) is 1.99. The third-order valence-corrected chi connectivity index (χ3v) is 2.36. The first-order chi connectivity index (χ1) is 7.75. The molecule has 16 heavy (non-hydrogen) atoms. The molecule has 0 aliphatic rings. The molecule has 0 aliphatic heterocycles. The van der Waals surface area contributed by atoms with E-state index in [1.807, 2.05) is 17.7 Å². The van der Waals surface area contributed by atoms with E-state index in [0.717, 1.165) is 18.1 Å². The van der Waals surface area contributed by atoms with Crippen molar-refractivity contribution >= 4 is 0 Å². The molecule has 0 saturated heterocycles. The zero-order valence-corrected chi connectivity index (χ0v) is 9.13. The average molecular weight is 218 g/mol. The Morgan fingerprint density at radius 2 is 2.06 bits per heavy atom.